The number of benzene rings is 2. The van der Waals surface area contributed by atoms with E-state index in [1.165, 1.54) is 18.2 Å². The van der Waals surface area contributed by atoms with E-state index in [0.717, 1.165) is 11.1 Å². The standard InChI is InChI=1S/C8H9NO2.C6H5NO2.C2H6/c1-6-4-3-5-8(7(6)2)9(10)11;8-7(9)6-4-2-1-3-5-6;1-2/h3-5H,1-2H3;1-5H;1-2H3. The van der Waals surface area contributed by atoms with Crippen LogP contribution in [0, 0.1) is 34.1 Å². The summed E-state index contributed by atoms with van der Waals surface area (Å²) in [6.45, 7) is 7.62. The lowest BCUT2D eigenvalue weighted by Gasteiger charge is -1.98. The van der Waals surface area contributed by atoms with Crippen LogP contribution in [0.3, 0.4) is 0 Å². The van der Waals surface area contributed by atoms with E-state index in [1.54, 1.807) is 31.2 Å². The maximum absolute atomic E-state index is 10.4. The largest absolute Gasteiger partial charge is 0.272 e. The number of rotatable bonds is 2. The number of aryl methyl sites for hydroxylation is 1. The predicted octanol–water partition coefficient (Wildman–Crippen LogP) is 4.83. The third kappa shape index (κ3) is 6.13. The first-order valence-corrected chi connectivity index (χ1v) is 6.83. The molecule has 0 heterocycles. The van der Waals surface area contributed by atoms with E-state index in [1.807, 2.05) is 26.8 Å². The molecule has 0 radical (unpaired) electrons. The summed E-state index contributed by atoms with van der Waals surface area (Å²) in [5.74, 6) is 0. The van der Waals surface area contributed by atoms with Gasteiger partial charge in [-0.3, -0.25) is 20.2 Å². The summed E-state index contributed by atoms with van der Waals surface area (Å²) in [7, 11) is 0. The lowest BCUT2D eigenvalue weighted by atomic mass is 10.1. The van der Waals surface area contributed by atoms with Crippen LogP contribution in [0.2, 0.25) is 0 Å². The molecular formula is C16H20N2O4. The second-order valence-electron chi connectivity index (χ2n) is 4.07. The zero-order valence-corrected chi connectivity index (χ0v) is 13.1. The van der Waals surface area contributed by atoms with Gasteiger partial charge in [0.05, 0.1) is 9.85 Å². The quantitative estimate of drug-likeness (QED) is 0.587. The summed E-state index contributed by atoms with van der Waals surface area (Å²) >= 11 is 0. The van der Waals surface area contributed by atoms with Crippen LogP contribution in [0.1, 0.15) is 25.0 Å². The van der Waals surface area contributed by atoms with Crippen LogP contribution in [0.4, 0.5) is 11.4 Å². The van der Waals surface area contributed by atoms with Gasteiger partial charge in [0.15, 0.2) is 0 Å². The Morgan fingerprint density at radius 3 is 1.68 bits per heavy atom. The molecule has 0 fully saturated rings. The van der Waals surface area contributed by atoms with Crippen LogP contribution in [-0.2, 0) is 0 Å². The highest BCUT2D eigenvalue weighted by Gasteiger charge is 2.09. The van der Waals surface area contributed by atoms with Crippen LogP contribution >= 0.6 is 0 Å². The zero-order chi connectivity index (χ0) is 17.1. The smallest absolute Gasteiger partial charge is 0.258 e. The van der Waals surface area contributed by atoms with Crippen molar-refractivity contribution in [1.29, 1.82) is 0 Å². The zero-order valence-electron chi connectivity index (χ0n) is 13.1. The number of nitrogens with zero attached hydrogens (tertiary/aromatic N) is 2. The van der Waals surface area contributed by atoms with Crippen molar-refractivity contribution in [1.82, 2.24) is 0 Å². The summed E-state index contributed by atoms with van der Waals surface area (Å²) < 4.78 is 0. The van der Waals surface area contributed by atoms with Gasteiger partial charge < -0.3 is 0 Å². The molecule has 22 heavy (non-hydrogen) atoms. The van der Waals surface area contributed by atoms with Crippen molar-refractivity contribution < 1.29 is 9.85 Å². The van der Waals surface area contributed by atoms with Crippen LogP contribution in [0.25, 0.3) is 0 Å². The molecule has 0 aromatic heterocycles. The van der Waals surface area contributed by atoms with Crippen molar-refractivity contribution in [2.24, 2.45) is 0 Å². The van der Waals surface area contributed by atoms with Crippen LogP contribution in [0.15, 0.2) is 48.5 Å². The predicted molar refractivity (Wildman–Crippen MR) is 87.0 cm³/mol. The summed E-state index contributed by atoms with van der Waals surface area (Å²) in [5, 5.41) is 20.4. The molecule has 0 aliphatic rings. The van der Waals surface area contributed by atoms with E-state index in [9.17, 15) is 20.2 Å². The highest BCUT2D eigenvalue weighted by atomic mass is 16.6. The highest BCUT2D eigenvalue weighted by Crippen LogP contribution is 2.19. The number of non-ortho nitro benzene ring substituents is 1. The fraction of sp³-hybridized carbons (Fsp3) is 0.250. The summed E-state index contributed by atoms with van der Waals surface area (Å²) in [6.07, 6.45) is 0. The normalized spacial score (nSPS) is 8.73. The van der Waals surface area contributed by atoms with Crippen molar-refractivity contribution in [3.05, 3.63) is 79.9 Å². The Morgan fingerprint density at radius 2 is 1.32 bits per heavy atom. The van der Waals surface area contributed by atoms with Gasteiger partial charge in [-0.25, -0.2) is 0 Å². The Balaban J connectivity index is 0.000000366. The van der Waals surface area contributed by atoms with E-state index >= 15 is 0 Å². The maximum atomic E-state index is 10.4. The minimum absolute atomic E-state index is 0.137. The molecule has 0 spiro atoms. The lowest BCUT2D eigenvalue weighted by Crippen LogP contribution is -1.92. The molecule has 6 nitrogen and oxygen atoms in total. The van der Waals surface area contributed by atoms with Crippen LogP contribution < -0.4 is 0 Å². The summed E-state index contributed by atoms with van der Waals surface area (Å²) in [4.78, 5) is 19.6. The van der Waals surface area contributed by atoms with E-state index in [0.29, 0.717) is 0 Å². The molecule has 0 unspecified atom stereocenters. The average Bonchev–Trinajstić information content (AvgIpc) is 2.53. The van der Waals surface area contributed by atoms with Crippen molar-refractivity contribution >= 4 is 11.4 Å². The van der Waals surface area contributed by atoms with Gasteiger partial charge in [0.1, 0.15) is 0 Å². The molecule has 0 aliphatic carbocycles. The minimum Gasteiger partial charge on any atom is -0.258 e. The van der Waals surface area contributed by atoms with Gasteiger partial charge in [0.2, 0.25) is 0 Å². The molecule has 0 saturated carbocycles. The molecule has 118 valence electrons. The number of nitro groups is 2. The summed E-state index contributed by atoms with van der Waals surface area (Å²) in [6, 6.07) is 13.0. The Hall–Kier alpha value is -2.76. The monoisotopic (exact) mass is 304 g/mol. The third-order valence-corrected chi connectivity index (χ3v) is 2.74. The van der Waals surface area contributed by atoms with Crippen molar-refractivity contribution in [2.45, 2.75) is 27.7 Å². The Kier molecular flexibility index (Phi) is 8.78. The molecule has 0 N–H and O–H groups in total. The van der Waals surface area contributed by atoms with Crippen LogP contribution in [-0.4, -0.2) is 9.85 Å². The molecular weight excluding hydrogens is 284 g/mol. The SMILES string of the molecule is CC.Cc1cccc([N+](=O)[O-])c1C.O=[N+]([O-])c1ccccc1. The van der Waals surface area contributed by atoms with Gasteiger partial charge in [0.25, 0.3) is 11.4 Å². The first kappa shape index (κ1) is 19.2. The second kappa shape index (κ2) is 10.0. The van der Waals surface area contributed by atoms with Gasteiger partial charge in [-0.15, -0.1) is 0 Å². The Bertz CT molecular complexity index is 613. The first-order valence-electron chi connectivity index (χ1n) is 6.83. The van der Waals surface area contributed by atoms with Crippen molar-refractivity contribution in [3.63, 3.8) is 0 Å². The van der Waals surface area contributed by atoms with Crippen LogP contribution in [0.5, 0.6) is 0 Å². The molecule has 0 bridgehead atoms. The van der Waals surface area contributed by atoms with Gasteiger partial charge >= 0.3 is 0 Å². The molecule has 0 saturated heterocycles. The molecule has 2 aromatic carbocycles. The minimum atomic E-state index is -0.417. The van der Waals surface area contributed by atoms with Gasteiger partial charge in [-0.2, -0.15) is 0 Å². The number of hydrogen-bond acceptors (Lipinski definition) is 4. The number of para-hydroxylation sites is 1. The average molecular weight is 304 g/mol. The highest BCUT2D eigenvalue weighted by molar-refractivity contribution is 5.43. The number of hydrogen-bond donors (Lipinski definition) is 0. The fourth-order valence-electron chi connectivity index (χ4n) is 1.48. The summed E-state index contributed by atoms with van der Waals surface area (Å²) in [5.41, 5.74) is 2.04. The topological polar surface area (TPSA) is 86.3 Å². The molecule has 0 atom stereocenters. The first-order chi connectivity index (χ1) is 10.4. The van der Waals surface area contributed by atoms with E-state index in [4.69, 9.17) is 0 Å². The Morgan fingerprint density at radius 1 is 0.773 bits per heavy atom. The third-order valence-electron chi connectivity index (χ3n) is 2.74. The van der Waals surface area contributed by atoms with E-state index in [-0.39, 0.29) is 16.3 Å². The second-order valence-corrected chi connectivity index (χ2v) is 4.07. The molecule has 2 rings (SSSR count). The van der Waals surface area contributed by atoms with E-state index in [2.05, 4.69) is 0 Å². The molecule has 2 aromatic rings. The lowest BCUT2D eigenvalue weighted by molar-refractivity contribution is -0.385. The Labute approximate surface area is 129 Å². The van der Waals surface area contributed by atoms with Gasteiger partial charge in [-0.1, -0.05) is 44.2 Å². The van der Waals surface area contributed by atoms with Crippen molar-refractivity contribution in [3.8, 4) is 0 Å². The molecule has 6 heteroatoms. The van der Waals surface area contributed by atoms with E-state index < -0.39 is 4.92 Å². The van der Waals surface area contributed by atoms with Gasteiger partial charge in [-0.05, 0) is 19.4 Å². The molecule has 0 amide bonds. The molecule has 0 aliphatic heterocycles. The van der Waals surface area contributed by atoms with Crippen molar-refractivity contribution in [2.75, 3.05) is 0 Å². The fourth-order valence-corrected chi connectivity index (χ4v) is 1.48. The van der Waals surface area contributed by atoms with Gasteiger partial charge in [0, 0.05) is 23.8 Å². The maximum Gasteiger partial charge on any atom is 0.272 e. The number of nitro benzene ring substituents is 2.